The second-order valence-electron chi connectivity index (χ2n) is 6.69. The molecule has 0 amide bonds. The Hall–Kier alpha value is -1.19. The number of halogens is 2. The molecule has 3 rings (SSSR count). The fourth-order valence-electron chi connectivity index (χ4n) is 3.36. The van der Waals surface area contributed by atoms with Crippen molar-refractivity contribution < 1.29 is 9.13 Å². The van der Waals surface area contributed by atoms with Crippen LogP contribution in [-0.2, 0) is 16.7 Å². The minimum atomic E-state index is -0.201. The van der Waals surface area contributed by atoms with Gasteiger partial charge in [-0.3, -0.25) is 4.99 Å². The highest BCUT2D eigenvalue weighted by molar-refractivity contribution is 14.0. The minimum absolute atomic E-state index is 0. The lowest BCUT2D eigenvalue weighted by Gasteiger charge is -2.38. The van der Waals surface area contributed by atoms with Gasteiger partial charge < -0.3 is 15.4 Å². The van der Waals surface area contributed by atoms with Crippen LogP contribution in [0.5, 0.6) is 0 Å². The second-order valence-corrected chi connectivity index (χ2v) is 8.06. The van der Waals surface area contributed by atoms with E-state index in [9.17, 15) is 4.39 Å². The Morgan fingerprint density at radius 2 is 1.85 bits per heavy atom. The molecule has 1 aliphatic heterocycles. The number of guanidine groups is 1. The largest absolute Gasteiger partial charge is 0.381 e. The number of rotatable bonds is 5. The Kier molecular flexibility index (Phi) is 8.50. The maximum atomic E-state index is 13.3. The lowest BCUT2D eigenvalue weighted by molar-refractivity contribution is 0.0513. The van der Waals surface area contributed by atoms with Crippen LogP contribution in [0.15, 0.2) is 41.4 Å². The number of aliphatic imine (C=N–C) groups is 1. The van der Waals surface area contributed by atoms with Gasteiger partial charge in [0.2, 0.25) is 0 Å². The van der Waals surface area contributed by atoms with Gasteiger partial charge in [-0.25, -0.2) is 4.39 Å². The van der Waals surface area contributed by atoms with Crippen LogP contribution in [0.25, 0.3) is 0 Å². The standard InChI is InChI=1S/C20H26FN3OS.HI/c1-15-3-8-18(26-15)13-23-19(22-2)24-14-20(9-11-25-12-10-20)16-4-6-17(21)7-5-16;/h3-8H,9-14H2,1-2H3,(H2,22,23,24);1H. The molecule has 1 aromatic heterocycles. The summed E-state index contributed by atoms with van der Waals surface area (Å²) in [7, 11) is 1.78. The van der Waals surface area contributed by atoms with Gasteiger partial charge in [-0.05, 0) is 49.6 Å². The molecular weight excluding hydrogens is 476 g/mol. The van der Waals surface area contributed by atoms with E-state index in [1.165, 1.54) is 9.75 Å². The number of thiophene rings is 1. The summed E-state index contributed by atoms with van der Waals surface area (Å²) in [5.74, 6) is 0.580. The Bertz CT molecular complexity index is 742. The summed E-state index contributed by atoms with van der Waals surface area (Å²) in [5, 5.41) is 6.84. The van der Waals surface area contributed by atoms with Crippen molar-refractivity contribution >= 4 is 41.3 Å². The fraction of sp³-hybridized carbons (Fsp3) is 0.450. The lowest BCUT2D eigenvalue weighted by Crippen LogP contribution is -2.47. The van der Waals surface area contributed by atoms with Gasteiger partial charge >= 0.3 is 0 Å². The molecule has 7 heteroatoms. The molecule has 4 nitrogen and oxygen atoms in total. The van der Waals surface area contributed by atoms with Crippen LogP contribution < -0.4 is 10.6 Å². The zero-order valence-corrected chi connectivity index (χ0v) is 18.9. The van der Waals surface area contributed by atoms with Crippen molar-refractivity contribution in [1.29, 1.82) is 0 Å². The highest BCUT2D eigenvalue weighted by Gasteiger charge is 2.34. The summed E-state index contributed by atoms with van der Waals surface area (Å²) in [6.45, 7) is 5.05. The summed E-state index contributed by atoms with van der Waals surface area (Å²) in [5.41, 5.74) is 1.09. The number of nitrogens with one attached hydrogen (secondary N) is 2. The molecule has 1 aromatic carbocycles. The Labute approximate surface area is 181 Å². The van der Waals surface area contributed by atoms with E-state index >= 15 is 0 Å². The molecule has 0 atom stereocenters. The molecule has 148 valence electrons. The molecule has 27 heavy (non-hydrogen) atoms. The van der Waals surface area contributed by atoms with Crippen LogP contribution in [0.1, 0.15) is 28.2 Å². The summed E-state index contributed by atoms with van der Waals surface area (Å²) in [4.78, 5) is 6.93. The van der Waals surface area contributed by atoms with Crippen LogP contribution >= 0.6 is 35.3 Å². The first kappa shape index (κ1) is 22.1. The van der Waals surface area contributed by atoms with Gasteiger partial charge in [0.1, 0.15) is 5.82 Å². The van der Waals surface area contributed by atoms with Gasteiger partial charge in [-0.2, -0.15) is 0 Å². The van der Waals surface area contributed by atoms with Gasteiger partial charge in [0.25, 0.3) is 0 Å². The Morgan fingerprint density at radius 3 is 2.44 bits per heavy atom. The first-order valence-corrected chi connectivity index (χ1v) is 9.77. The number of hydrogen-bond acceptors (Lipinski definition) is 3. The van der Waals surface area contributed by atoms with E-state index < -0.39 is 0 Å². The second kappa shape index (κ2) is 10.4. The molecule has 0 saturated carbocycles. The van der Waals surface area contributed by atoms with E-state index in [0.29, 0.717) is 0 Å². The molecular formula is C20H27FIN3OS. The molecule has 0 spiro atoms. The third-order valence-electron chi connectivity index (χ3n) is 4.95. The molecule has 0 aliphatic carbocycles. The van der Waals surface area contributed by atoms with Gasteiger partial charge in [0.05, 0.1) is 6.54 Å². The van der Waals surface area contributed by atoms with Gasteiger partial charge in [0.15, 0.2) is 5.96 Å². The van der Waals surface area contributed by atoms with Crippen molar-refractivity contribution in [2.45, 2.75) is 31.7 Å². The SMILES string of the molecule is CN=C(NCc1ccc(C)s1)NCC1(c2ccc(F)cc2)CCOCC1.I. The fourth-order valence-corrected chi connectivity index (χ4v) is 4.19. The lowest BCUT2D eigenvalue weighted by atomic mass is 9.74. The van der Waals surface area contributed by atoms with E-state index in [1.54, 1.807) is 30.5 Å². The van der Waals surface area contributed by atoms with E-state index in [1.807, 2.05) is 12.1 Å². The zero-order chi connectivity index (χ0) is 18.4. The van der Waals surface area contributed by atoms with Crippen LogP contribution in [0.2, 0.25) is 0 Å². The quantitative estimate of drug-likeness (QED) is 0.365. The van der Waals surface area contributed by atoms with Crippen molar-refractivity contribution in [2.75, 3.05) is 26.8 Å². The first-order chi connectivity index (χ1) is 12.6. The van der Waals surface area contributed by atoms with E-state index in [2.05, 4.69) is 34.7 Å². The normalized spacial score (nSPS) is 16.5. The summed E-state index contributed by atoms with van der Waals surface area (Å²) >= 11 is 1.79. The number of nitrogens with zero attached hydrogens (tertiary/aromatic N) is 1. The van der Waals surface area contributed by atoms with Crippen molar-refractivity contribution in [3.05, 3.63) is 57.5 Å². The number of benzene rings is 1. The average Bonchev–Trinajstić information content (AvgIpc) is 3.08. The van der Waals surface area contributed by atoms with Crippen molar-refractivity contribution in [1.82, 2.24) is 10.6 Å². The zero-order valence-electron chi connectivity index (χ0n) is 15.8. The average molecular weight is 503 g/mol. The highest BCUT2D eigenvalue weighted by atomic mass is 127. The predicted molar refractivity (Wildman–Crippen MR) is 121 cm³/mol. The van der Waals surface area contributed by atoms with Gasteiger partial charge in [0, 0.05) is 42.0 Å². The van der Waals surface area contributed by atoms with Crippen LogP contribution in [0, 0.1) is 12.7 Å². The van der Waals surface area contributed by atoms with Crippen LogP contribution in [-0.4, -0.2) is 32.8 Å². The monoisotopic (exact) mass is 503 g/mol. The van der Waals surface area contributed by atoms with E-state index in [4.69, 9.17) is 4.74 Å². The minimum Gasteiger partial charge on any atom is -0.381 e. The molecule has 0 unspecified atom stereocenters. The molecule has 2 aromatic rings. The maximum absolute atomic E-state index is 13.3. The third kappa shape index (κ3) is 5.89. The van der Waals surface area contributed by atoms with Crippen molar-refractivity contribution in [3.8, 4) is 0 Å². The summed E-state index contributed by atoms with van der Waals surface area (Å²) in [6, 6.07) is 11.1. The molecule has 2 N–H and O–H groups in total. The predicted octanol–water partition coefficient (Wildman–Crippen LogP) is 4.23. The maximum Gasteiger partial charge on any atom is 0.191 e. The molecule has 0 bridgehead atoms. The number of hydrogen-bond donors (Lipinski definition) is 2. The van der Waals surface area contributed by atoms with Crippen LogP contribution in [0.3, 0.4) is 0 Å². The first-order valence-electron chi connectivity index (χ1n) is 8.95. The van der Waals surface area contributed by atoms with Crippen LogP contribution in [0.4, 0.5) is 4.39 Å². The number of aryl methyl sites for hydroxylation is 1. The third-order valence-corrected chi connectivity index (χ3v) is 5.95. The molecule has 1 fully saturated rings. The number of ether oxygens (including phenoxy) is 1. The topological polar surface area (TPSA) is 45.7 Å². The smallest absolute Gasteiger partial charge is 0.191 e. The summed E-state index contributed by atoms with van der Waals surface area (Å²) in [6.07, 6.45) is 1.82. The van der Waals surface area contributed by atoms with Crippen molar-refractivity contribution in [3.63, 3.8) is 0 Å². The van der Waals surface area contributed by atoms with E-state index in [0.717, 1.165) is 50.7 Å². The summed E-state index contributed by atoms with van der Waals surface area (Å²) < 4.78 is 18.9. The van der Waals surface area contributed by atoms with E-state index in [-0.39, 0.29) is 35.2 Å². The molecule has 2 heterocycles. The molecule has 1 saturated heterocycles. The Morgan fingerprint density at radius 1 is 1.15 bits per heavy atom. The Balaban J connectivity index is 0.00000261. The van der Waals surface area contributed by atoms with Gasteiger partial charge in [-0.15, -0.1) is 35.3 Å². The van der Waals surface area contributed by atoms with Crippen molar-refractivity contribution in [2.24, 2.45) is 4.99 Å². The molecule has 0 radical (unpaired) electrons. The molecule has 1 aliphatic rings. The van der Waals surface area contributed by atoms with Gasteiger partial charge in [-0.1, -0.05) is 12.1 Å². The highest BCUT2D eigenvalue weighted by Crippen LogP contribution is 2.34.